The van der Waals surface area contributed by atoms with Crippen LogP contribution in [0.2, 0.25) is 0 Å². The van der Waals surface area contributed by atoms with Crippen LogP contribution >= 0.6 is 0 Å². The lowest BCUT2D eigenvalue weighted by Gasteiger charge is -2.32. The number of sulfonamides is 1. The van der Waals surface area contributed by atoms with Gasteiger partial charge in [-0.15, -0.1) is 0 Å². The molecule has 3 rings (SSSR count). The van der Waals surface area contributed by atoms with E-state index in [0.29, 0.717) is 24.6 Å². The molecule has 1 aliphatic rings. The number of aryl methyl sites for hydroxylation is 2. The van der Waals surface area contributed by atoms with Gasteiger partial charge in [0.15, 0.2) is 0 Å². The summed E-state index contributed by atoms with van der Waals surface area (Å²) in [4.78, 5) is 0.343. The number of morpholine rings is 1. The van der Waals surface area contributed by atoms with Crippen LogP contribution in [0.25, 0.3) is 0 Å². The van der Waals surface area contributed by atoms with Crippen LogP contribution in [-0.4, -0.2) is 32.4 Å². The average molecular weight is 345 g/mol. The first-order valence-corrected chi connectivity index (χ1v) is 9.72. The molecule has 0 bridgehead atoms. The van der Waals surface area contributed by atoms with Crippen LogP contribution in [0.15, 0.2) is 53.4 Å². The third-order valence-electron chi connectivity index (χ3n) is 4.45. The van der Waals surface area contributed by atoms with E-state index in [9.17, 15) is 8.42 Å². The zero-order chi connectivity index (χ0) is 17.2. The average Bonchev–Trinajstić information content (AvgIpc) is 2.62. The van der Waals surface area contributed by atoms with Crippen LogP contribution in [-0.2, 0) is 21.2 Å². The number of hydrogen-bond acceptors (Lipinski definition) is 3. The first kappa shape index (κ1) is 17.1. The van der Waals surface area contributed by atoms with Gasteiger partial charge in [-0.25, -0.2) is 8.42 Å². The Morgan fingerprint density at radius 3 is 2.38 bits per heavy atom. The number of ether oxygens (including phenoxy) is 1. The van der Waals surface area contributed by atoms with Crippen molar-refractivity contribution in [3.05, 3.63) is 65.2 Å². The molecule has 0 amide bonds. The van der Waals surface area contributed by atoms with Crippen molar-refractivity contribution in [2.75, 3.05) is 19.7 Å². The molecular weight excluding hydrogens is 322 g/mol. The van der Waals surface area contributed by atoms with Crippen molar-refractivity contribution in [1.82, 2.24) is 4.31 Å². The molecule has 1 unspecified atom stereocenters. The summed E-state index contributed by atoms with van der Waals surface area (Å²) in [6.45, 7) is 5.20. The Hall–Kier alpha value is -1.69. The summed E-state index contributed by atoms with van der Waals surface area (Å²) in [7, 11) is -3.48. The maximum absolute atomic E-state index is 12.8. The molecule has 1 aliphatic heterocycles. The third kappa shape index (κ3) is 3.53. The molecule has 1 saturated heterocycles. The quantitative estimate of drug-likeness (QED) is 0.854. The van der Waals surface area contributed by atoms with E-state index < -0.39 is 10.0 Å². The fraction of sp³-hybridized carbons (Fsp3) is 0.368. The van der Waals surface area contributed by atoms with Gasteiger partial charge in [0.1, 0.15) is 0 Å². The summed E-state index contributed by atoms with van der Waals surface area (Å²) in [5, 5.41) is 0. The molecule has 2 aromatic carbocycles. The van der Waals surface area contributed by atoms with E-state index in [1.165, 1.54) is 9.87 Å². The highest BCUT2D eigenvalue weighted by Gasteiger charge is 2.31. The second-order valence-electron chi connectivity index (χ2n) is 6.13. The van der Waals surface area contributed by atoms with Gasteiger partial charge in [-0.2, -0.15) is 4.31 Å². The highest BCUT2D eigenvalue weighted by molar-refractivity contribution is 7.89. The van der Waals surface area contributed by atoms with Gasteiger partial charge in [-0.05, 0) is 36.6 Å². The lowest BCUT2D eigenvalue weighted by Crippen LogP contribution is -2.42. The zero-order valence-electron chi connectivity index (χ0n) is 14.1. The minimum Gasteiger partial charge on any atom is -0.371 e. The number of hydrogen-bond donors (Lipinski definition) is 0. The largest absolute Gasteiger partial charge is 0.371 e. The van der Waals surface area contributed by atoms with E-state index in [-0.39, 0.29) is 6.10 Å². The Balaban J connectivity index is 1.80. The topological polar surface area (TPSA) is 46.6 Å². The Morgan fingerprint density at radius 2 is 1.75 bits per heavy atom. The van der Waals surface area contributed by atoms with Crippen molar-refractivity contribution in [2.24, 2.45) is 0 Å². The van der Waals surface area contributed by atoms with Crippen molar-refractivity contribution >= 4 is 10.0 Å². The fourth-order valence-corrected chi connectivity index (χ4v) is 4.30. The predicted octanol–water partition coefficient (Wildman–Crippen LogP) is 3.32. The van der Waals surface area contributed by atoms with Crippen LogP contribution in [0.1, 0.15) is 29.7 Å². The molecule has 1 fully saturated rings. The minimum atomic E-state index is -3.48. The number of rotatable bonds is 4. The Morgan fingerprint density at radius 1 is 1.08 bits per heavy atom. The number of benzene rings is 2. The van der Waals surface area contributed by atoms with Gasteiger partial charge in [0.05, 0.1) is 17.6 Å². The van der Waals surface area contributed by atoms with E-state index in [2.05, 4.69) is 19.1 Å². The van der Waals surface area contributed by atoms with E-state index in [0.717, 1.165) is 17.5 Å². The molecule has 1 atom stereocenters. The minimum absolute atomic E-state index is 0.218. The summed E-state index contributed by atoms with van der Waals surface area (Å²) in [5.41, 5.74) is 3.33. The summed E-state index contributed by atoms with van der Waals surface area (Å²) >= 11 is 0. The third-order valence-corrected chi connectivity index (χ3v) is 6.33. The van der Waals surface area contributed by atoms with Crippen LogP contribution < -0.4 is 0 Å². The van der Waals surface area contributed by atoms with Gasteiger partial charge in [0.2, 0.25) is 10.0 Å². The van der Waals surface area contributed by atoms with Crippen molar-refractivity contribution < 1.29 is 13.2 Å². The molecule has 0 spiro atoms. The Bertz CT molecular complexity index is 782. The maximum atomic E-state index is 12.8. The lowest BCUT2D eigenvalue weighted by atomic mass is 10.1. The molecule has 128 valence electrons. The summed E-state index contributed by atoms with van der Waals surface area (Å²) in [6.07, 6.45) is 0.768. The highest BCUT2D eigenvalue weighted by atomic mass is 32.2. The Kier molecular flexibility index (Phi) is 5.04. The molecule has 0 radical (unpaired) electrons. The van der Waals surface area contributed by atoms with E-state index in [1.807, 2.05) is 31.2 Å². The van der Waals surface area contributed by atoms with Gasteiger partial charge in [0.25, 0.3) is 0 Å². The van der Waals surface area contributed by atoms with Gasteiger partial charge >= 0.3 is 0 Å². The first-order chi connectivity index (χ1) is 11.5. The smallest absolute Gasteiger partial charge is 0.243 e. The fourth-order valence-electron chi connectivity index (χ4n) is 2.87. The van der Waals surface area contributed by atoms with Gasteiger partial charge < -0.3 is 4.74 Å². The van der Waals surface area contributed by atoms with Crippen LogP contribution in [0.5, 0.6) is 0 Å². The maximum Gasteiger partial charge on any atom is 0.243 e. The van der Waals surface area contributed by atoms with Crippen molar-refractivity contribution in [3.8, 4) is 0 Å². The second-order valence-corrected chi connectivity index (χ2v) is 8.07. The summed E-state index contributed by atoms with van der Waals surface area (Å²) in [5.74, 6) is 0. The SMILES string of the molecule is CCc1ccc(C2CN(S(=O)(=O)c3ccc(C)cc3)CCO2)cc1. The first-order valence-electron chi connectivity index (χ1n) is 8.28. The van der Waals surface area contributed by atoms with Crippen molar-refractivity contribution in [3.63, 3.8) is 0 Å². The molecule has 1 heterocycles. The molecule has 4 nitrogen and oxygen atoms in total. The van der Waals surface area contributed by atoms with E-state index >= 15 is 0 Å². The van der Waals surface area contributed by atoms with Gasteiger partial charge in [-0.1, -0.05) is 48.9 Å². The Labute approximate surface area is 144 Å². The van der Waals surface area contributed by atoms with Gasteiger partial charge in [0, 0.05) is 13.1 Å². The van der Waals surface area contributed by atoms with Gasteiger partial charge in [-0.3, -0.25) is 0 Å². The lowest BCUT2D eigenvalue weighted by molar-refractivity contribution is -0.00256. The van der Waals surface area contributed by atoms with E-state index in [4.69, 9.17) is 4.74 Å². The molecule has 0 aromatic heterocycles. The molecule has 0 aliphatic carbocycles. The molecular formula is C19H23NO3S. The number of nitrogens with zero attached hydrogens (tertiary/aromatic N) is 1. The zero-order valence-corrected chi connectivity index (χ0v) is 14.9. The summed E-state index contributed by atoms with van der Waals surface area (Å²) in [6, 6.07) is 15.2. The standard InChI is InChI=1S/C19H23NO3S/c1-3-16-6-8-17(9-7-16)19-14-20(12-13-23-19)24(21,22)18-10-4-15(2)5-11-18/h4-11,19H,3,12-14H2,1-2H3. The normalized spacial score (nSPS) is 19.3. The van der Waals surface area contributed by atoms with E-state index in [1.54, 1.807) is 12.1 Å². The molecule has 5 heteroatoms. The monoisotopic (exact) mass is 345 g/mol. The molecule has 2 aromatic rings. The molecule has 0 N–H and O–H groups in total. The second kappa shape index (κ2) is 7.05. The van der Waals surface area contributed by atoms with Crippen LogP contribution in [0.3, 0.4) is 0 Å². The highest BCUT2D eigenvalue weighted by Crippen LogP contribution is 2.27. The van der Waals surface area contributed by atoms with Crippen molar-refractivity contribution in [1.29, 1.82) is 0 Å². The predicted molar refractivity (Wildman–Crippen MR) is 94.5 cm³/mol. The van der Waals surface area contributed by atoms with Crippen LogP contribution in [0.4, 0.5) is 0 Å². The molecule has 24 heavy (non-hydrogen) atoms. The van der Waals surface area contributed by atoms with Crippen molar-refractivity contribution in [2.45, 2.75) is 31.3 Å². The molecule has 0 saturated carbocycles. The summed E-state index contributed by atoms with van der Waals surface area (Å²) < 4.78 is 33.0. The van der Waals surface area contributed by atoms with Crippen LogP contribution in [0, 0.1) is 6.92 Å².